The SMILES string of the molecule is CCC(CC)C(=O)/C=C(\O)C(CC)CC.Cc1cc(C)[c]([Sb]2[C](CC(C)(C)C)=Nc3[c]2ccnc3-c2[c-]c3ccccc3c(C(C)(C)C)c2)c(C)c1.[Ir]. The molecule has 1 radical (unpaired) electrons. The zero-order valence-electron chi connectivity index (χ0n) is 34.5. The van der Waals surface area contributed by atoms with Crippen molar-refractivity contribution in [1.82, 2.24) is 4.98 Å². The number of fused-ring (bicyclic) bond motifs is 2. The Labute approximate surface area is 341 Å². The van der Waals surface area contributed by atoms with Crippen molar-refractivity contribution in [3.05, 3.63) is 94.9 Å². The van der Waals surface area contributed by atoms with Gasteiger partial charge in [0.25, 0.3) is 0 Å². The number of benzene rings is 3. The molecule has 4 aromatic rings. The first-order valence-corrected chi connectivity index (χ1v) is 23.1. The number of aryl methyl sites for hydroxylation is 3. The quantitative estimate of drug-likeness (QED) is 0.0745. The summed E-state index contributed by atoms with van der Waals surface area (Å²) in [6.45, 7) is 28.7. The van der Waals surface area contributed by atoms with E-state index in [2.05, 4.69) is 117 Å². The monoisotopic (exact) mass is 1000 g/mol. The number of hydrogen-bond acceptors (Lipinski definition) is 4. The van der Waals surface area contributed by atoms with Gasteiger partial charge in [0, 0.05) is 38.0 Å². The zero-order chi connectivity index (χ0) is 38.5. The molecule has 0 atom stereocenters. The predicted molar refractivity (Wildman–Crippen MR) is 225 cm³/mol. The van der Waals surface area contributed by atoms with Crippen molar-refractivity contribution in [2.24, 2.45) is 22.2 Å². The van der Waals surface area contributed by atoms with E-state index in [4.69, 9.17) is 9.98 Å². The third kappa shape index (κ3) is 10.8. The number of aliphatic hydroxyl groups is 1. The summed E-state index contributed by atoms with van der Waals surface area (Å²) in [5.74, 6) is 0.547. The third-order valence-corrected chi connectivity index (χ3v) is 18.0. The molecule has 1 aromatic heterocycles. The number of aliphatic hydroxyl groups excluding tert-OH is 1. The van der Waals surface area contributed by atoms with Gasteiger partial charge in [-0.3, -0.25) is 4.79 Å². The second-order valence-corrected chi connectivity index (χ2v) is 22.8. The minimum Gasteiger partial charge on any atom is 0 e. The van der Waals surface area contributed by atoms with Gasteiger partial charge < -0.3 is 5.11 Å². The van der Waals surface area contributed by atoms with E-state index in [9.17, 15) is 9.90 Å². The van der Waals surface area contributed by atoms with Gasteiger partial charge in [0.15, 0.2) is 5.78 Å². The molecule has 0 unspecified atom stereocenters. The first-order chi connectivity index (χ1) is 24.4. The smallest absolute Gasteiger partial charge is 0 e. The van der Waals surface area contributed by atoms with Crippen molar-refractivity contribution in [1.29, 1.82) is 0 Å². The maximum Gasteiger partial charge on any atom is 0 e. The van der Waals surface area contributed by atoms with Crippen LogP contribution >= 0.6 is 0 Å². The van der Waals surface area contributed by atoms with Crippen LogP contribution in [0.25, 0.3) is 22.0 Å². The molecule has 287 valence electrons. The number of nitrogens with zero attached hydrogens (tertiary/aromatic N) is 2. The zero-order valence-corrected chi connectivity index (χ0v) is 39.4. The Morgan fingerprint density at radius 3 is 2.00 bits per heavy atom. The fraction of sp³-hybridized carbons (Fsp3) is 0.468. The number of pyridine rings is 1. The largest absolute Gasteiger partial charge is 0 e. The molecule has 0 bridgehead atoms. The van der Waals surface area contributed by atoms with Crippen LogP contribution < -0.4 is 7.02 Å². The number of aliphatic imine (C=N–C) groups is 1. The number of carbonyl (C=O) groups is 1. The van der Waals surface area contributed by atoms with Crippen LogP contribution in [0, 0.1) is 44.1 Å². The number of carbonyl (C=O) groups excluding carboxylic acids is 1. The maximum absolute atomic E-state index is 11.7. The third-order valence-electron chi connectivity index (χ3n) is 10.1. The fourth-order valence-electron chi connectivity index (χ4n) is 7.37. The summed E-state index contributed by atoms with van der Waals surface area (Å²) in [4.78, 5) is 22.1. The maximum atomic E-state index is 11.7. The van der Waals surface area contributed by atoms with E-state index in [0.29, 0.717) is 0 Å². The van der Waals surface area contributed by atoms with Crippen LogP contribution in [-0.4, -0.2) is 39.7 Å². The summed E-state index contributed by atoms with van der Waals surface area (Å²) in [5.41, 5.74) is 8.82. The molecule has 0 amide bonds. The molecule has 0 saturated heterocycles. The van der Waals surface area contributed by atoms with Crippen molar-refractivity contribution in [3.8, 4) is 11.3 Å². The van der Waals surface area contributed by atoms with Crippen LogP contribution in [-0.2, 0) is 30.3 Å². The minimum atomic E-state index is -2.30. The van der Waals surface area contributed by atoms with Gasteiger partial charge in [-0.15, -0.1) is 0 Å². The number of rotatable bonds is 10. The Hall–Kier alpha value is -2.58. The summed E-state index contributed by atoms with van der Waals surface area (Å²) in [5, 5.41) is 12.2. The summed E-state index contributed by atoms with van der Waals surface area (Å²) in [6.07, 6.45) is 7.94. The molecule has 1 N–H and O–H groups in total. The summed E-state index contributed by atoms with van der Waals surface area (Å²) in [6, 6.07) is 21.6. The Morgan fingerprint density at radius 2 is 1.45 bits per heavy atom. The van der Waals surface area contributed by atoms with E-state index < -0.39 is 20.2 Å². The fourth-order valence-corrected chi connectivity index (χ4v) is 16.0. The minimum absolute atomic E-state index is 0. The van der Waals surface area contributed by atoms with Crippen LogP contribution in [0.5, 0.6) is 0 Å². The number of ketones is 1. The van der Waals surface area contributed by atoms with Crippen molar-refractivity contribution in [2.45, 2.75) is 128 Å². The molecule has 2 heterocycles. The van der Waals surface area contributed by atoms with E-state index in [0.717, 1.165) is 54.4 Å². The van der Waals surface area contributed by atoms with Crippen LogP contribution in [0.1, 0.15) is 124 Å². The predicted octanol–water partition coefficient (Wildman–Crippen LogP) is 11.5. The van der Waals surface area contributed by atoms with Crippen molar-refractivity contribution >= 4 is 53.1 Å². The molecule has 1 aliphatic heterocycles. The average Bonchev–Trinajstić information content (AvgIpc) is 3.40. The molecule has 6 heteroatoms. The van der Waals surface area contributed by atoms with Gasteiger partial charge in [-0.25, -0.2) is 0 Å². The first kappa shape index (κ1) is 44.8. The summed E-state index contributed by atoms with van der Waals surface area (Å²) in [7, 11) is 0. The van der Waals surface area contributed by atoms with Gasteiger partial charge in [0.05, 0.1) is 5.76 Å². The normalized spacial score (nSPS) is 13.5. The van der Waals surface area contributed by atoms with Crippen LogP contribution in [0.15, 0.2) is 71.6 Å². The van der Waals surface area contributed by atoms with Gasteiger partial charge in [-0.05, 0) is 25.7 Å². The molecular weight excluding hydrogens is 939 g/mol. The Bertz CT molecular complexity index is 1930. The van der Waals surface area contributed by atoms with Crippen molar-refractivity contribution < 1.29 is 30.0 Å². The number of allylic oxidation sites excluding steroid dienone is 2. The van der Waals surface area contributed by atoms with Crippen LogP contribution in [0.2, 0.25) is 0 Å². The average molecular weight is 1000 g/mol. The van der Waals surface area contributed by atoms with E-state index >= 15 is 0 Å². The molecule has 1 aliphatic rings. The molecule has 5 rings (SSSR count). The topological polar surface area (TPSA) is 62.5 Å². The van der Waals surface area contributed by atoms with E-state index in [-0.39, 0.29) is 54.3 Å². The van der Waals surface area contributed by atoms with E-state index in [1.54, 1.807) is 3.51 Å². The second-order valence-electron chi connectivity index (χ2n) is 16.8. The second kappa shape index (κ2) is 18.8. The Kier molecular flexibility index (Phi) is 15.9. The molecule has 0 aliphatic carbocycles. The molecule has 3 aromatic carbocycles. The van der Waals surface area contributed by atoms with Gasteiger partial charge in [-0.1, -0.05) is 27.7 Å². The molecule has 0 spiro atoms. The van der Waals surface area contributed by atoms with Gasteiger partial charge in [-0.2, -0.15) is 0 Å². The van der Waals surface area contributed by atoms with E-state index in [1.165, 1.54) is 40.9 Å². The number of aromatic nitrogens is 1. The van der Waals surface area contributed by atoms with Crippen LogP contribution in [0.4, 0.5) is 5.69 Å². The Balaban J connectivity index is 0.000000403. The van der Waals surface area contributed by atoms with Gasteiger partial charge >= 0.3 is 231 Å². The summed E-state index contributed by atoms with van der Waals surface area (Å²) >= 11 is -2.30. The summed E-state index contributed by atoms with van der Waals surface area (Å²) < 4.78 is 4.44. The standard InChI is InChI=1S/C25H27N2.C13H24O2.C9H11.Ir.Sb/c1-24(2,3)13-15-26-22-12-9-14-27-23(22)19-16-18-10-7-8-11-20(18)21(17-19)25(4,5)6;1-5-10(6-2)12(14)9-13(15)11(7-3)8-4;1-7-4-8(2)6-9(3)5-7;;/h7-11,14,17H,13H2,1-6H3;9-11,14H,5-8H2,1-4H3;4-5H,1-3H3;;/q-1;;;;/b;12-9-;;;. The molecular formula is C47H62IrN2O2Sb-. The Morgan fingerprint density at radius 1 is 0.868 bits per heavy atom. The van der Waals surface area contributed by atoms with Gasteiger partial charge in [0.1, 0.15) is 0 Å². The molecule has 53 heavy (non-hydrogen) atoms. The molecule has 0 saturated carbocycles. The van der Waals surface area contributed by atoms with Gasteiger partial charge in [0.2, 0.25) is 0 Å². The van der Waals surface area contributed by atoms with E-state index in [1.807, 2.05) is 33.9 Å². The molecule has 4 nitrogen and oxygen atoms in total. The van der Waals surface area contributed by atoms with Crippen molar-refractivity contribution in [3.63, 3.8) is 0 Å². The molecule has 0 fully saturated rings. The first-order valence-electron chi connectivity index (χ1n) is 19.3. The number of hydrogen-bond donors (Lipinski definition) is 1. The van der Waals surface area contributed by atoms with Crippen LogP contribution in [0.3, 0.4) is 0 Å². The van der Waals surface area contributed by atoms with Crippen molar-refractivity contribution in [2.75, 3.05) is 0 Å².